The fourth-order valence-electron chi connectivity index (χ4n) is 1.07. The molecule has 0 aliphatic rings. The Bertz CT molecular complexity index is 609. The van der Waals surface area contributed by atoms with Crippen LogP contribution in [0.15, 0.2) is 29.2 Å². The molecule has 0 bridgehead atoms. The number of anilines is 1. The van der Waals surface area contributed by atoms with Crippen molar-refractivity contribution in [3.05, 3.63) is 24.3 Å². The van der Waals surface area contributed by atoms with Gasteiger partial charge in [0, 0.05) is 5.69 Å². The van der Waals surface area contributed by atoms with Crippen LogP contribution < -0.4 is 10.5 Å². The van der Waals surface area contributed by atoms with Gasteiger partial charge in [0.05, 0.1) is 4.90 Å². The molecule has 0 aliphatic carbocycles. The summed E-state index contributed by atoms with van der Waals surface area (Å²) in [7, 11) is -4.04. The molecule has 1 rings (SSSR count). The van der Waals surface area contributed by atoms with Crippen LogP contribution in [0, 0.1) is 0 Å². The van der Waals surface area contributed by atoms with Gasteiger partial charge in [-0.3, -0.25) is 4.79 Å². The molecule has 0 atom stereocenters. The number of primary sulfonamides is 1. The number of rotatable bonds is 3. The highest BCUT2D eigenvalue weighted by molar-refractivity contribution is 7.89. The Hall–Kier alpha value is -1.75. The van der Waals surface area contributed by atoms with Crippen LogP contribution in [-0.2, 0) is 14.8 Å². The number of nitrogens with two attached hydrogens (primary N) is 1. The second kappa shape index (κ2) is 4.98. The van der Waals surface area contributed by atoms with E-state index in [-0.39, 0.29) is 0 Å². The summed E-state index contributed by atoms with van der Waals surface area (Å²) >= 11 is 0. The summed E-state index contributed by atoms with van der Waals surface area (Å²) in [5.74, 6) is -8.14. The average Bonchev–Trinajstić information content (AvgIpc) is 2.26. The van der Waals surface area contributed by atoms with Crippen molar-refractivity contribution in [1.29, 1.82) is 0 Å². The Labute approximate surface area is 109 Å². The molecule has 0 heterocycles. The van der Waals surface area contributed by atoms with Gasteiger partial charge >= 0.3 is 18.0 Å². The molecule has 0 aliphatic heterocycles. The quantitative estimate of drug-likeness (QED) is 0.827. The van der Waals surface area contributed by atoms with Crippen molar-refractivity contribution in [2.24, 2.45) is 5.14 Å². The zero-order valence-corrected chi connectivity index (χ0v) is 10.2. The molecule has 0 unspecified atom stereocenters. The first-order chi connectivity index (χ1) is 8.85. The minimum Gasteiger partial charge on any atom is -0.321 e. The van der Waals surface area contributed by atoms with Gasteiger partial charge in [-0.1, -0.05) is 0 Å². The summed E-state index contributed by atoms with van der Waals surface area (Å²) in [6, 6.07) is 3.33. The molecule has 5 nitrogen and oxygen atoms in total. The number of hydrogen-bond acceptors (Lipinski definition) is 3. The molecule has 3 N–H and O–H groups in total. The predicted molar refractivity (Wildman–Crippen MR) is 57.4 cm³/mol. The molecule has 1 aromatic carbocycles. The molecule has 11 heteroatoms. The van der Waals surface area contributed by atoms with Crippen LogP contribution in [0.3, 0.4) is 0 Å². The van der Waals surface area contributed by atoms with Crippen molar-refractivity contribution >= 4 is 21.6 Å². The van der Waals surface area contributed by atoms with E-state index in [4.69, 9.17) is 5.14 Å². The Morgan fingerprint density at radius 3 is 1.85 bits per heavy atom. The highest BCUT2D eigenvalue weighted by Crippen LogP contribution is 2.36. The Morgan fingerprint density at radius 1 is 1.05 bits per heavy atom. The van der Waals surface area contributed by atoms with Gasteiger partial charge in [0.25, 0.3) is 0 Å². The van der Waals surface area contributed by atoms with Crippen molar-refractivity contribution < 1.29 is 35.2 Å². The lowest BCUT2D eigenvalue weighted by Crippen LogP contribution is -2.47. The second-order valence-electron chi connectivity index (χ2n) is 3.60. The SMILES string of the molecule is NS(=O)(=O)c1ccc(NC(=O)C(F)(F)C(F)(F)F)cc1. The summed E-state index contributed by atoms with van der Waals surface area (Å²) in [5.41, 5.74) is -0.439. The predicted octanol–water partition coefficient (Wildman–Crippen LogP) is 1.47. The van der Waals surface area contributed by atoms with E-state index in [9.17, 15) is 35.2 Å². The summed E-state index contributed by atoms with van der Waals surface area (Å²) in [6.07, 6.45) is -6.03. The van der Waals surface area contributed by atoms with Crippen molar-refractivity contribution in [2.75, 3.05) is 5.32 Å². The van der Waals surface area contributed by atoms with Crippen LogP contribution in [-0.4, -0.2) is 26.4 Å². The van der Waals surface area contributed by atoms with E-state index in [1.54, 1.807) is 0 Å². The van der Waals surface area contributed by atoms with E-state index in [0.29, 0.717) is 0 Å². The van der Waals surface area contributed by atoms with Crippen molar-refractivity contribution in [3.8, 4) is 0 Å². The lowest BCUT2D eigenvalue weighted by molar-refractivity contribution is -0.267. The summed E-state index contributed by atoms with van der Waals surface area (Å²) < 4.78 is 82.7. The van der Waals surface area contributed by atoms with E-state index in [0.717, 1.165) is 24.3 Å². The van der Waals surface area contributed by atoms with Gasteiger partial charge in [-0.2, -0.15) is 22.0 Å². The summed E-state index contributed by atoms with van der Waals surface area (Å²) in [5, 5.41) is 6.07. The molecule has 112 valence electrons. The van der Waals surface area contributed by atoms with Crippen molar-refractivity contribution in [1.82, 2.24) is 0 Å². The number of carbonyl (C=O) groups is 1. The van der Waals surface area contributed by atoms with Crippen LogP contribution in [0.4, 0.5) is 27.6 Å². The number of alkyl halides is 5. The first kappa shape index (κ1) is 16.3. The molecule has 0 saturated carbocycles. The molecule has 0 fully saturated rings. The fourth-order valence-corrected chi connectivity index (χ4v) is 1.58. The second-order valence-corrected chi connectivity index (χ2v) is 5.16. The molecule has 1 aromatic rings. The average molecular weight is 318 g/mol. The molecule has 0 radical (unpaired) electrons. The molecule has 0 saturated heterocycles. The van der Waals surface area contributed by atoms with Crippen LogP contribution in [0.2, 0.25) is 0 Å². The van der Waals surface area contributed by atoms with Gasteiger partial charge in [-0.15, -0.1) is 0 Å². The van der Waals surface area contributed by atoms with Gasteiger partial charge < -0.3 is 5.32 Å². The van der Waals surface area contributed by atoms with Gasteiger partial charge in [0.1, 0.15) is 0 Å². The minimum absolute atomic E-state index is 0.391. The zero-order valence-electron chi connectivity index (χ0n) is 9.41. The van der Waals surface area contributed by atoms with Crippen LogP contribution in [0.5, 0.6) is 0 Å². The van der Waals surface area contributed by atoms with E-state index < -0.39 is 38.6 Å². The van der Waals surface area contributed by atoms with E-state index in [2.05, 4.69) is 0 Å². The standard InChI is InChI=1S/C9H7F5N2O3S/c10-8(11,9(12,13)14)7(17)16-5-1-3-6(4-2-5)20(15,18)19/h1-4H,(H,16,17)(H2,15,18,19). The maximum absolute atomic E-state index is 12.6. The van der Waals surface area contributed by atoms with Crippen molar-refractivity contribution in [2.45, 2.75) is 17.0 Å². The molecular weight excluding hydrogens is 311 g/mol. The van der Waals surface area contributed by atoms with Gasteiger partial charge in [0.15, 0.2) is 0 Å². The first-order valence-electron chi connectivity index (χ1n) is 4.74. The van der Waals surface area contributed by atoms with Gasteiger partial charge in [-0.25, -0.2) is 13.6 Å². The molecule has 1 amide bonds. The third kappa shape index (κ3) is 3.42. The van der Waals surface area contributed by atoms with Crippen LogP contribution in [0.25, 0.3) is 0 Å². The lowest BCUT2D eigenvalue weighted by atomic mass is 10.2. The summed E-state index contributed by atoms with van der Waals surface area (Å²) in [4.78, 5) is 10.4. The van der Waals surface area contributed by atoms with Crippen LogP contribution >= 0.6 is 0 Å². The van der Waals surface area contributed by atoms with E-state index >= 15 is 0 Å². The Morgan fingerprint density at radius 2 is 1.50 bits per heavy atom. The number of amides is 1. The fraction of sp³-hybridized carbons (Fsp3) is 0.222. The Balaban J connectivity index is 2.93. The van der Waals surface area contributed by atoms with Gasteiger partial charge in [0.2, 0.25) is 10.0 Å². The number of nitrogens with one attached hydrogen (secondary N) is 1. The maximum Gasteiger partial charge on any atom is 0.463 e. The molecular formula is C9H7F5N2O3S. The number of benzene rings is 1. The molecule has 0 aromatic heterocycles. The molecule has 20 heavy (non-hydrogen) atoms. The number of sulfonamides is 1. The van der Waals surface area contributed by atoms with Crippen molar-refractivity contribution in [3.63, 3.8) is 0 Å². The molecule has 0 spiro atoms. The summed E-state index contributed by atoms with van der Waals surface area (Å²) in [6.45, 7) is 0. The minimum atomic E-state index is -6.03. The monoisotopic (exact) mass is 318 g/mol. The first-order valence-corrected chi connectivity index (χ1v) is 6.29. The Kier molecular flexibility index (Phi) is 4.06. The normalized spacial score (nSPS) is 13.1. The maximum atomic E-state index is 12.6. The smallest absolute Gasteiger partial charge is 0.321 e. The topological polar surface area (TPSA) is 89.3 Å². The highest BCUT2D eigenvalue weighted by atomic mass is 32.2. The van der Waals surface area contributed by atoms with E-state index in [1.165, 1.54) is 5.32 Å². The van der Waals surface area contributed by atoms with Crippen LogP contribution in [0.1, 0.15) is 0 Å². The van der Waals surface area contributed by atoms with E-state index in [1.807, 2.05) is 0 Å². The lowest BCUT2D eigenvalue weighted by Gasteiger charge is -2.18. The number of carbonyl (C=O) groups excluding carboxylic acids is 1. The van der Waals surface area contributed by atoms with Gasteiger partial charge in [-0.05, 0) is 24.3 Å². The number of hydrogen-bond donors (Lipinski definition) is 2. The third-order valence-corrected chi connectivity index (χ3v) is 3.01. The number of halogens is 5. The largest absolute Gasteiger partial charge is 0.463 e. The zero-order chi connectivity index (χ0) is 15.8. The third-order valence-electron chi connectivity index (χ3n) is 2.08. The highest BCUT2D eigenvalue weighted by Gasteiger charge is 2.63.